The van der Waals surface area contributed by atoms with E-state index in [0.29, 0.717) is 17.9 Å². The van der Waals surface area contributed by atoms with Gasteiger partial charge in [-0.1, -0.05) is 34.6 Å². The zero-order valence-electron chi connectivity index (χ0n) is 12.6. The largest absolute Gasteiger partial charge is 0.335 e. The smallest absolute Gasteiger partial charge is 0.108 e. The number of rotatable bonds is 8. The van der Waals surface area contributed by atoms with Crippen molar-refractivity contribution < 1.29 is 0 Å². The second-order valence-electron chi connectivity index (χ2n) is 5.76. The summed E-state index contributed by atoms with van der Waals surface area (Å²) in [5.74, 6) is 2.58. The lowest BCUT2D eigenvalue weighted by Gasteiger charge is -2.21. The summed E-state index contributed by atoms with van der Waals surface area (Å²) in [7, 11) is 0. The van der Waals surface area contributed by atoms with Gasteiger partial charge in [-0.3, -0.25) is 0 Å². The van der Waals surface area contributed by atoms with Crippen molar-refractivity contribution in [3.8, 4) is 0 Å². The molecule has 1 N–H and O–H groups in total. The maximum atomic E-state index is 4.49. The molecule has 1 aromatic heterocycles. The molecular formula is C15H29N3. The second-order valence-corrected chi connectivity index (χ2v) is 5.76. The third kappa shape index (κ3) is 4.81. The van der Waals surface area contributed by atoms with Crippen molar-refractivity contribution in [2.75, 3.05) is 6.54 Å². The van der Waals surface area contributed by atoms with Crippen molar-refractivity contribution in [3.63, 3.8) is 0 Å². The number of nitrogens with zero attached hydrogens (tertiary/aromatic N) is 2. The Balaban J connectivity index is 2.47. The minimum Gasteiger partial charge on any atom is -0.335 e. The van der Waals surface area contributed by atoms with Gasteiger partial charge in [0, 0.05) is 31.4 Å². The fraction of sp³-hybridized carbons (Fsp3) is 0.800. The van der Waals surface area contributed by atoms with Gasteiger partial charge in [-0.15, -0.1) is 0 Å². The predicted molar refractivity (Wildman–Crippen MR) is 77.7 cm³/mol. The molecular weight excluding hydrogens is 222 g/mol. The van der Waals surface area contributed by atoms with Crippen molar-refractivity contribution in [1.82, 2.24) is 14.9 Å². The quantitative estimate of drug-likeness (QED) is 0.769. The maximum Gasteiger partial charge on any atom is 0.108 e. The van der Waals surface area contributed by atoms with Crippen LogP contribution in [-0.2, 0) is 13.0 Å². The Morgan fingerprint density at radius 2 is 1.94 bits per heavy atom. The highest BCUT2D eigenvalue weighted by molar-refractivity contribution is 4.94. The summed E-state index contributed by atoms with van der Waals surface area (Å²) in [4.78, 5) is 4.49. The third-order valence-corrected chi connectivity index (χ3v) is 3.59. The second kappa shape index (κ2) is 7.57. The number of hydrogen-bond donors (Lipinski definition) is 1. The number of aryl methyl sites for hydroxylation is 1. The van der Waals surface area contributed by atoms with Crippen molar-refractivity contribution in [2.45, 2.75) is 60.0 Å². The Morgan fingerprint density at radius 3 is 2.56 bits per heavy atom. The number of imidazole rings is 1. The van der Waals surface area contributed by atoms with Gasteiger partial charge in [0.25, 0.3) is 0 Å². The SMILES string of the molecule is CCCn1ccnc1CC(C)C(C)CNC(C)C. The highest BCUT2D eigenvalue weighted by Crippen LogP contribution is 2.16. The van der Waals surface area contributed by atoms with Gasteiger partial charge >= 0.3 is 0 Å². The first kappa shape index (κ1) is 15.2. The lowest BCUT2D eigenvalue weighted by atomic mass is 9.92. The summed E-state index contributed by atoms with van der Waals surface area (Å²) in [5.41, 5.74) is 0. The lowest BCUT2D eigenvalue weighted by molar-refractivity contribution is 0.346. The van der Waals surface area contributed by atoms with E-state index in [0.717, 1.165) is 19.5 Å². The Kier molecular flexibility index (Phi) is 6.41. The molecule has 1 heterocycles. The highest BCUT2D eigenvalue weighted by Gasteiger charge is 2.15. The molecule has 3 nitrogen and oxygen atoms in total. The number of nitrogens with one attached hydrogen (secondary N) is 1. The molecule has 0 saturated heterocycles. The van der Waals surface area contributed by atoms with Gasteiger partial charge in [-0.05, 0) is 24.8 Å². The van der Waals surface area contributed by atoms with Crippen LogP contribution in [0.4, 0.5) is 0 Å². The number of hydrogen-bond acceptors (Lipinski definition) is 2. The molecule has 0 aliphatic carbocycles. The van der Waals surface area contributed by atoms with E-state index < -0.39 is 0 Å². The van der Waals surface area contributed by atoms with Crippen LogP contribution in [0.15, 0.2) is 12.4 Å². The fourth-order valence-corrected chi connectivity index (χ4v) is 2.09. The first-order valence-electron chi connectivity index (χ1n) is 7.28. The standard InChI is InChI=1S/C15H29N3/c1-6-8-18-9-7-16-15(18)10-13(4)14(5)11-17-12(2)3/h7,9,12-14,17H,6,8,10-11H2,1-5H3. The average molecular weight is 251 g/mol. The molecule has 0 saturated carbocycles. The lowest BCUT2D eigenvalue weighted by Crippen LogP contribution is -2.31. The minimum atomic E-state index is 0.571. The molecule has 0 aromatic carbocycles. The van der Waals surface area contributed by atoms with E-state index in [-0.39, 0.29) is 0 Å². The molecule has 0 aliphatic heterocycles. The van der Waals surface area contributed by atoms with Crippen LogP contribution in [0.25, 0.3) is 0 Å². The Labute approximate surface area is 112 Å². The van der Waals surface area contributed by atoms with Gasteiger partial charge in [0.2, 0.25) is 0 Å². The molecule has 0 radical (unpaired) electrons. The van der Waals surface area contributed by atoms with Crippen LogP contribution in [0, 0.1) is 11.8 Å². The van der Waals surface area contributed by atoms with E-state index in [2.05, 4.69) is 55.7 Å². The summed E-state index contributed by atoms with van der Waals surface area (Å²) in [6.45, 7) is 13.4. The van der Waals surface area contributed by atoms with E-state index in [1.165, 1.54) is 12.2 Å². The van der Waals surface area contributed by atoms with Crippen LogP contribution in [0.2, 0.25) is 0 Å². The van der Waals surface area contributed by atoms with Crippen molar-refractivity contribution >= 4 is 0 Å². The molecule has 104 valence electrons. The normalized spacial score (nSPS) is 15.0. The molecule has 1 rings (SSSR count). The van der Waals surface area contributed by atoms with E-state index >= 15 is 0 Å². The van der Waals surface area contributed by atoms with Crippen LogP contribution in [0.3, 0.4) is 0 Å². The van der Waals surface area contributed by atoms with Crippen molar-refractivity contribution in [3.05, 3.63) is 18.2 Å². The summed E-state index contributed by atoms with van der Waals surface area (Å²) in [6, 6.07) is 0.571. The summed E-state index contributed by atoms with van der Waals surface area (Å²) in [6.07, 6.45) is 6.27. The molecule has 0 fully saturated rings. The Morgan fingerprint density at radius 1 is 1.22 bits per heavy atom. The minimum absolute atomic E-state index is 0.571. The van der Waals surface area contributed by atoms with E-state index in [9.17, 15) is 0 Å². The van der Waals surface area contributed by atoms with Crippen LogP contribution < -0.4 is 5.32 Å². The molecule has 2 unspecified atom stereocenters. The van der Waals surface area contributed by atoms with E-state index in [1.807, 2.05) is 6.20 Å². The monoisotopic (exact) mass is 251 g/mol. The zero-order chi connectivity index (χ0) is 13.5. The Bertz CT molecular complexity index is 330. The third-order valence-electron chi connectivity index (χ3n) is 3.59. The van der Waals surface area contributed by atoms with E-state index in [4.69, 9.17) is 0 Å². The molecule has 0 bridgehead atoms. The van der Waals surface area contributed by atoms with E-state index in [1.54, 1.807) is 0 Å². The summed E-state index contributed by atoms with van der Waals surface area (Å²) >= 11 is 0. The van der Waals surface area contributed by atoms with Crippen molar-refractivity contribution in [2.24, 2.45) is 11.8 Å². The molecule has 1 aromatic rings. The first-order valence-corrected chi connectivity index (χ1v) is 7.28. The molecule has 18 heavy (non-hydrogen) atoms. The van der Waals surface area contributed by atoms with Crippen LogP contribution in [0.5, 0.6) is 0 Å². The van der Waals surface area contributed by atoms with Gasteiger partial charge in [0.1, 0.15) is 5.82 Å². The average Bonchev–Trinajstić information content (AvgIpc) is 2.74. The molecule has 0 spiro atoms. The molecule has 0 amide bonds. The summed E-state index contributed by atoms with van der Waals surface area (Å²) < 4.78 is 2.29. The van der Waals surface area contributed by atoms with Gasteiger partial charge in [-0.25, -0.2) is 4.98 Å². The topological polar surface area (TPSA) is 29.9 Å². The van der Waals surface area contributed by atoms with Crippen molar-refractivity contribution in [1.29, 1.82) is 0 Å². The van der Waals surface area contributed by atoms with Gasteiger partial charge in [0.15, 0.2) is 0 Å². The van der Waals surface area contributed by atoms with Gasteiger partial charge in [0.05, 0.1) is 0 Å². The maximum absolute atomic E-state index is 4.49. The fourth-order valence-electron chi connectivity index (χ4n) is 2.09. The summed E-state index contributed by atoms with van der Waals surface area (Å²) in [5, 5.41) is 3.52. The highest BCUT2D eigenvalue weighted by atomic mass is 15.1. The Hall–Kier alpha value is -0.830. The molecule has 0 aliphatic rings. The van der Waals surface area contributed by atoms with Crippen LogP contribution in [-0.4, -0.2) is 22.1 Å². The number of aromatic nitrogens is 2. The molecule has 3 heteroatoms. The first-order chi connectivity index (χ1) is 8.54. The molecule has 2 atom stereocenters. The van der Waals surface area contributed by atoms with Gasteiger partial charge in [-0.2, -0.15) is 0 Å². The van der Waals surface area contributed by atoms with Gasteiger partial charge < -0.3 is 9.88 Å². The van der Waals surface area contributed by atoms with Crippen LogP contribution >= 0.6 is 0 Å². The predicted octanol–water partition coefficient (Wildman–Crippen LogP) is 3.11. The zero-order valence-corrected chi connectivity index (χ0v) is 12.6. The van der Waals surface area contributed by atoms with Crippen LogP contribution in [0.1, 0.15) is 46.9 Å².